The van der Waals surface area contributed by atoms with Crippen molar-refractivity contribution >= 4 is 6.09 Å². The summed E-state index contributed by atoms with van der Waals surface area (Å²) in [5.41, 5.74) is 5.48. The van der Waals surface area contributed by atoms with Crippen molar-refractivity contribution in [1.29, 1.82) is 0 Å². The van der Waals surface area contributed by atoms with Crippen molar-refractivity contribution in [2.24, 2.45) is 5.73 Å². The summed E-state index contributed by atoms with van der Waals surface area (Å²) in [6.45, 7) is 8.71. The second-order valence-corrected chi connectivity index (χ2v) is 7.76. The maximum absolute atomic E-state index is 12.0. The van der Waals surface area contributed by atoms with Crippen LogP contribution in [0.25, 0.3) is 0 Å². The first kappa shape index (κ1) is 18.5. The Labute approximate surface area is 140 Å². The molecule has 0 bridgehead atoms. The summed E-state index contributed by atoms with van der Waals surface area (Å²) in [7, 11) is 0. The molecule has 2 fully saturated rings. The number of carbonyl (C=O) groups excluding carboxylic acids is 1. The molecule has 23 heavy (non-hydrogen) atoms. The normalized spacial score (nSPS) is 26.5. The molecule has 1 saturated heterocycles. The van der Waals surface area contributed by atoms with Crippen LogP contribution in [0.15, 0.2) is 0 Å². The summed E-state index contributed by atoms with van der Waals surface area (Å²) < 4.78 is 11.3. The largest absolute Gasteiger partial charge is 0.444 e. The third-order valence-corrected chi connectivity index (χ3v) is 4.46. The molecule has 0 aromatic heterocycles. The number of hydrogen-bond acceptors (Lipinski definition) is 5. The Morgan fingerprint density at radius 2 is 1.91 bits per heavy atom. The van der Waals surface area contributed by atoms with E-state index in [0.717, 1.165) is 38.8 Å². The summed E-state index contributed by atoms with van der Waals surface area (Å²) in [4.78, 5) is 13.8. The van der Waals surface area contributed by atoms with Gasteiger partial charge in [-0.1, -0.05) is 0 Å². The van der Waals surface area contributed by atoms with Gasteiger partial charge in [0.15, 0.2) is 0 Å². The highest BCUT2D eigenvalue weighted by molar-refractivity contribution is 5.68. The van der Waals surface area contributed by atoms with Gasteiger partial charge in [0.25, 0.3) is 0 Å². The number of piperidine rings is 1. The number of ether oxygens (including phenoxy) is 2. The molecule has 2 unspecified atom stereocenters. The van der Waals surface area contributed by atoms with Crippen molar-refractivity contribution in [3.8, 4) is 0 Å². The van der Waals surface area contributed by atoms with E-state index >= 15 is 0 Å². The Morgan fingerprint density at radius 1 is 1.22 bits per heavy atom. The van der Waals surface area contributed by atoms with E-state index in [2.05, 4.69) is 5.32 Å². The average molecular weight is 327 g/mol. The molecule has 1 aliphatic heterocycles. The highest BCUT2D eigenvalue weighted by Crippen LogP contribution is 2.18. The fourth-order valence-electron chi connectivity index (χ4n) is 3.22. The van der Waals surface area contributed by atoms with Crippen LogP contribution in [-0.4, -0.2) is 61.0 Å². The second kappa shape index (κ2) is 8.31. The first-order valence-corrected chi connectivity index (χ1v) is 8.92. The number of rotatable bonds is 5. The lowest BCUT2D eigenvalue weighted by atomic mass is 10.1. The highest BCUT2D eigenvalue weighted by atomic mass is 16.6. The van der Waals surface area contributed by atoms with Gasteiger partial charge in [0.2, 0.25) is 0 Å². The molecule has 1 amide bonds. The molecule has 6 nitrogen and oxygen atoms in total. The Morgan fingerprint density at radius 3 is 2.48 bits per heavy atom. The summed E-state index contributed by atoms with van der Waals surface area (Å²) in [5, 5.41) is 3.51. The smallest absolute Gasteiger partial charge is 0.410 e. The zero-order chi connectivity index (χ0) is 16.9. The zero-order valence-corrected chi connectivity index (χ0v) is 14.8. The van der Waals surface area contributed by atoms with E-state index in [-0.39, 0.29) is 12.2 Å². The molecular weight excluding hydrogens is 294 g/mol. The van der Waals surface area contributed by atoms with Crippen LogP contribution < -0.4 is 11.1 Å². The minimum atomic E-state index is -0.432. The molecule has 2 rings (SSSR count). The van der Waals surface area contributed by atoms with Gasteiger partial charge >= 0.3 is 6.09 Å². The molecule has 1 saturated carbocycles. The lowest BCUT2D eigenvalue weighted by molar-refractivity contribution is -0.0107. The minimum Gasteiger partial charge on any atom is -0.444 e. The first-order chi connectivity index (χ1) is 10.8. The van der Waals surface area contributed by atoms with E-state index in [1.807, 2.05) is 20.8 Å². The van der Waals surface area contributed by atoms with Crippen molar-refractivity contribution in [3.05, 3.63) is 0 Å². The van der Waals surface area contributed by atoms with Crippen LogP contribution in [-0.2, 0) is 9.47 Å². The van der Waals surface area contributed by atoms with Crippen LogP contribution >= 0.6 is 0 Å². The molecule has 0 aromatic carbocycles. The van der Waals surface area contributed by atoms with Crippen molar-refractivity contribution in [1.82, 2.24) is 10.2 Å². The van der Waals surface area contributed by atoms with Crippen molar-refractivity contribution in [3.63, 3.8) is 0 Å². The van der Waals surface area contributed by atoms with Gasteiger partial charge in [0.1, 0.15) is 5.60 Å². The van der Waals surface area contributed by atoms with Crippen molar-refractivity contribution in [2.75, 3.05) is 26.2 Å². The van der Waals surface area contributed by atoms with Crippen LogP contribution in [0.4, 0.5) is 4.79 Å². The third-order valence-electron chi connectivity index (χ3n) is 4.46. The van der Waals surface area contributed by atoms with E-state index in [0.29, 0.717) is 25.2 Å². The van der Waals surface area contributed by atoms with Gasteiger partial charge in [-0.2, -0.15) is 0 Å². The van der Waals surface area contributed by atoms with Gasteiger partial charge in [-0.05, 0) is 52.9 Å². The molecule has 0 spiro atoms. The molecule has 1 aliphatic carbocycles. The van der Waals surface area contributed by atoms with Crippen molar-refractivity contribution in [2.45, 2.75) is 76.7 Å². The predicted molar refractivity (Wildman–Crippen MR) is 90.4 cm³/mol. The van der Waals surface area contributed by atoms with Crippen LogP contribution in [0, 0.1) is 0 Å². The summed E-state index contributed by atoms with van der Waals surface area (Å²) in [6.07, 6.45) is 5.18. The maximum atomic E-state index is 12.0. The molecule has 6 heteroatoms. The summed E-state index contributed by atoms with van der Waals surface area (Å²) in [5.74, 6) is 0. The Hall–Kier alpha value is -0.850. The van der Waals surface area contributed by atoms with Gasteiger partial charge in [0, 0.05) is 31.7 Å². The number of likely N-dealkylation sites (tertiary alicyclic amines) is 1. The quantitative estimate of drug-likeness (QED) is 0.754. The second-order valence-electron chi connectivity index (χ2n) is 7.76. The molecule has 2 aliphatic rings. The van der Waals surface area contributed by atoms with Crippen molar-refractivity contribution < 1.29 is 14.3 Å². The Kier molecular flexibility index (Phi) is 6.68. The van der Waals surface area contributed by atoms with Gasteiger partial charge in [-0.3, -0.25) is 0 Å². The molecule has 3 N–H and O–H groups in total. The van der Waals surface area contributed by atoms with Gasteiger partial charge in [-0.15, -0.1) is 0 Å². The highest BCUT2D eigenvalue weighted by Gasteiger charge is 2.27. The summed E-state index contributed by atoms with van der Waals surface area (Å²) >= 11 is 0. The molecule has 1 heterocycles. The standard InChI is InChI=1S/C17H33N3O3/c1-17(2,3)23-16(21)20-9-6-15(7-10-20)22-11-8-19-14-5-4-13(18)12-14/h13-15,19H,4-12,18H2,1-3H3. The third kappa shape index (κ3) is 6.65. The minimum absolute atomic E-state index is 0.213. The number of hydrogen-bond donors (Lipinski definition) is 2. The van der Waals surface area contributed by atoms with Gasteiger partial charge in [-0.25, -0.2) is 4.79 Å². The number of carbonyl (C=O) groups is 1. The molecule has 134 valence electrons. The zero-order valence-electron chi connectivity index (χ0n) is 14.8. The number of nitrogens with zero attached hydrogens (tertiary/aromatic N) is 1. The number of nitrogens with one attached hydrogen (secondary N) is 1. The van der Waals surface area contributed by atoms with Gasteiger partial charge < -0.3 is 25.4 Å². The Bertz CT molecular complexity index is 376. The monoisotopic (exact) mass is 327 g/mol. The van der Waals surface area contributed by atoms with Crippen LogP contribution in [0.1, 0.15) is 52.9 Å². The lowest BCUT2D eigenvalue weighted by Crippen LogP contribution is -2.43. The summed E-state index contributed by atoms with van der Waals surface area (Å²) in [6, 6.07) is 0.924. The number of amides is 1. The predicted octanol–water partition coefficient (Wildman–Crippen LogP) is 1.87. The van der Waals surface area contributed by atoms with E-state index in [1.165, 1.54) is 6.42 Å². The fraction of sp³-hybridized carbons (Fsp3) is 0.941. The molecule has 0 aromatic rings. The molecule has 2 atom stereocenters. The number of nitrogens with two attached hydrogens (primary N) is 1. The molecular formula is C17H33N3O3. The Balaban J connectivity index is 1.55. The molecule has 0 radical (unpaired) electrons. The SMILES string of the molecule is CC(C)(C)OC(=O)N1CCC(OCCNC2CCC(N)C2)CC1. The first-order valence-electron chi connectivity index (χ1n) is 8.92. The topological polar surface area (TPSA) is 76.8 Å². The van der Waals surface area contributed by atoms with Crippen LogP contribution in [0.5, 0.6) is 0 Å². The fourth-order valence-corrected chi connectivity index (χ4v) is 3.22. The average Bonchev–Trinajstić information content (AvgIpc) is 2.88. The van der Waals surface area contributed by atoms with Crippen LogP contribution in [0.3, 0.4) is 0 Å². The van der Waals surface area contributed by atoms with E-state index in [9.17, 15) is 4.79 Å². The van der Waals surface area contributed by atoms with E-state index < -0.39 is 5.60 Å². The lowest BCUT2D eigenvalue weighted by Gasteiger charge is -2.33. The van der Waals surface area contributed by atoms with E-state index in [4.69, 9.17) is 15.2 Å². The van der Waals surface area contributed by atoms with Crippen LogP contribution in [0.2, 0.25) is 0 Å². The van der Waals surface area contributed by atoms with E-state index in [1.54, 1.807) is 4.90 Å². The van der Waals surface area contributed by atoms with Gasteiger partial charge in [0.05, 0.1) is 12.7 Å². The maximum Gasteiger partial charge on any atom is 0.410 e.